The third-order valence-corrected chi connectivity index (χ3v) is 0.689. The summed E-state index contributed by atoms with van der Waals surface area (Å²) in [4.78, 5) is 19.3. The number of carboxylic acid groups (broad SMARTS) is 2. The minimum absolute atomic E-state index is 0. The molecule has 0 aliphatic heterocycles. The molecule has 0 saturated carbocycles. The fraction of sp³-hybridized carbons (Fsp3) is 0.500. The van der Waals surface area contributed by atoms with Gasteiger partial charge in [0.25, 0.3) is 0 Å². The predicted octanol–water partition coefficient (Wildman–Crippen LogP) is -4.18. The Labute approximate surface area is 87.2 Å². The number of rotatable bonds is 3. The Morgan fingerprint density at radius 1 is 1.40 bits per heavy atom. The van der Waals surface area contributed by atoms with Crippen molar-refractivity contribution >= 4 is 49.7 Å². The van der Waals surface area contributed by atoms with Crippen molar-refractivity contribution in [2.45, 2.75) is 12.5 Å². The Bertz CT molecular complexity index is 137. The second-order valence-electron chi connectivity index (χ2n) is 1.50. The summed E-state index contributed by atoms with van der Waals surface area (Å²) in [5.41, 5.74) is 4.73. The van der Waals surface area contributed by atoms with Crippen molar-refractivity contribution < 1.29 is 19.8 Å². The Morgan fingerprint density at radius 3 is 1.90 bits per heavy atom. The van der Waals surface area contributed by atoms with Crippen molar-refractivity contribution in [2.75, 3.05) is 0 Å². The van der Waals surface area contributed by atoms with Gasteiger partial charge in [0, 0.05) is 18.4 Å². The number of hydrogen-bond acceptors (Lipinski definition) is 5. The molecule has 0 fully saturated rings. The molecule has 0 rings (SSSR count). The van der Waals surface area contributed by atoms with Gasteiger partial charge in [-0.15, -0.1) is 0 Å². The average Bonchev–Trinajstić information content (AvgIpc) is 1.63. The van der Waals surface area contributed by atoms with E-state index in [4.69, 9.17) is 5.73 Å². The molecule has 6 heteroatoms. The van der Waals surface area contributed by atoms with Crippen LogP contribution in [-0.4, -0.2) is 55.7 Å². The molecule has 52 valence electrons. The van der Waals surface area contributed by atoms with Gasteiger partial charge in [0.15, 0.2) is 0 Å². The molecule has 2 N–H and O–H groups in total. The monoisotopic (exact) mass is 171 g/mol. The third kappa shape index (κ3) is 6.28. The van der Waals surface area contributed by atoms with E-state index in [1.165, 1.54) is 0 Å². The van der Waals surface area contributed by atoms with E-state index in [0.29, 0.717) is 0 Å². The minimum atomic E-state index is -1.58. The van der Waals surface area contributed by atoms with E-state index < -0.39 is 24.4 Å². The maximum Gasteiger partial charge on any atom is 2.00 e. The van der Waals surface area contributed by atoms with Gasteiger partial charge in [-0.25, -0.2) is 0 Å². The standard InChI is InChI=1S/C4H7NO4.Ca/c5-2(4(8)9)1-3(6)7;/h2H,1,5H2,(H,6,7)(H,8,9);/q;+2/p-2/t2-;/m1./s1. The summed E-state index contributed by atoms with van der Waals surface area (Å²) in [6, 6.07) is -1.46. The molecule has 0 spiro atoms. The zero-order valence-corrected chi connectivity index (χ0v) is 7.41. The second-order valence-corrected chi connectivity index (χ2v) is 1.50. The molecule has 10 heavy (non-hydrogen) atoms. The summed E-state index contributed by atoms with van der Waals surface area (Å²) in [6.07, 6.45) is -0.706. The minimum Gasteiger partial charge on any atom is -0.550 e. The molecule has 0 aromatic carbocycles. The molecule has 0 aliphatic rings. The Hall–Kier alpha value is 0.160. The van der Waals surface area contributed by atoms with Gasteiger partial charge in [0.05, 0.1) is 5.97 Å². The maximum absolute atomic E-state index is 9.71. The zero-order chi connectivity index (χ0) is 7.44. The van der Waals surface area contributed by atoms with Gasteiger partial charge in [0.2, 0.25) is 0 Å². The quantitative estimate of drug-likeness (QED) is 0.433. The van der Waals surface area contributed by atoms with Crippen LogP contribution in [0.1, 0.15) is 6.42 Å². The summed E-state index contributed by atoms with van der Waals surface area (Å²) in [6.45, 7) is 0. The fourth-order valence-corrected chi connectivity index (χ4v) is 0.263. The third-order valence-electron chi connectivity index (χ3n) is 0.689. The number of nitrogens with two attached hydrogens (primary N) is 1. The van der Waals surface area contributed by atoms with Crippen LogP contribution in [0.15, 0.2) is 0 Å². The van der Waals surface area contributed by atoms with Crippen molar-refractivity contribution in [2.24, 2.45) is 5.73 Å². The first-order chi connectivity index (χ1) is 4.04. The molecule has 5 nitrogen and oxygen atoms in total. The van der Waals surface area contributed by atoms with Gasteiger partial charge in [-0.3, -0.25) is 0 Å². The second kappa shape index (κ2) is 5.91. The SMILES string of the molecule is N[C@H](CC(=O)[O-])C(=O)[O-].[Ca+2]. The van der Waals surface area contributed by atoms with E-state index >= 15 is 0 Å². The van der Waals surface area contributed by atoms with Crippen molar-refractivity contribution in [3.05, 3.63) is 0 Å². The van der Waals surface area contributed by atoms with Crippen LogP contribution >= 0.6 is 0 Å². The van der Waals surface area contributed by atoms with Crippen LogP contribution < -0.4 is 15.9 Å². The van der Waals surface area contributed by atoms with Crippen molar-refractivity contribution in [3.8, 4) is 0 Å². The molecular formula is C4H5CaNO4. The van der Waals surface area contributed by atoms with Gasteiger partial charge in [-0.1, -0.05) is 0 Å². The van der Waals surface area contributed by atoms with Crippen LogP contribution in [0, 0.1) is 0 Å². The molecule has 0 saturated heterocycles. The molecule has 0 radical (unpaired) electrons. The molecular weight excluding hydrogens is 166 g/mol. The van der Waals surface area contributed by atoms with Crippen molar-refractivity contribution in [3.63, 3.8) is 0 Å². The molecule has 0 aliphatic carbocycles. The number of carbonyl (C=O) groups excluding carboxylic acids is 2. The molecule has 0 aromatic heterocycles. The largest absolute Gasteiger partial charge is 2.00 e. The summed E-state index contributed by atoms with van der Waals surface area (Å²) >= 11 is 0. The summed E-state index contributed by atoms with van der Waals surface area (Å²) in [5, 5.41) is 19.3. The van der Waals surface area contributed by atoms with Gasteiger partial charge < -0.3 is 25.5 Å². The number of carboxylic acids is 2. The maximum atomic E-state index is 9.71. The molecule has 0 amide bonds. The van der Waals surface area contributed by atoms with E-state index in [2.05, 4.69) is 0 Å². The van der Waals surface area contributed by atoms with E-state index in [9.17, 15) is 19.8 Å². The topological polar surface area (TPSA) is 106 Å². The van der Waals surface area contributed by atoms with E-state index in [-0.39, 0.29) is 37.7 Å². The van der Waals surface area contributed by atoms with E-state index in [1.54, 1.807) is 0 Å². The smallest absolute Gasteiger partial charge is 0.550 e. The predicted molar refractivity (Wildman–Crippen MR) is 28.4 cm³/mol. The van der Waals surface area contributed by atoms with Gasteiger partial charge >= 0.3 is 37.7 Å². The van der Waals surface area contributed by atoms with Gasteiger partial charge in [-0.2, -0.15) is 0 Å². The summed E-state index contributed by atoms with van der Waals surface area (Å²) in [5.74, 6) is -3.08. The summed E-state index contributed by atoms with van der Waals surface area (Å²) in [7, 11) is 0. The van der Waals surface area contributed by atoms with Crippen LogP contribution in [0.4, 0.5) is 0 Å². The molecule has 0 bridgehead atoms. The van der Waals surface area contributed by atoms with Crippen LogP contribution in [0.3, 0.4) is 0 Å². The normalized spacial score (nSPS) is 11.3. The number of hydrogen-bond donors (Lipinski definition) is 1. The molecule has 1 atom stereocenters. The first kappa shape index (κ1) is 12.8. The number of aliphatic carboxylic acids is 2. The first-order valence-corrected chi connectivity index (χ1v) is 2.20. The van der Waals surface area contributed by atoms with E-state index in [1.807, 2.05) is 0 Å². The fourth-order valence-electron chi connectivity index (χ4n) is 0.263. The Morgan fingerprint density at radius 2 is 1.80 bits per heavy atom. The molecule has 0 heterocycles. The summed E-state index contributed by atoms with van der Waals surface area (Å²) < 4.78 is 0. The average molecular weight is 171 g/mol. The van der Waals surface area contributed by atoms with Crippen molar-refractivity contribution in [1.29, 1.82) is 0 Å². The van der Waals surface area contributed by atoms with E-state index in [0.717, 1.165) is 0 Å². The van der Waals surface area contributed by atoms with Crippen molar-refractivity contribution in [1.82, 2.24) is 0 Å². The van der Waals surface area contributed by atoms with Crippen LogP contribution in [-0.2, 0) is 9.59 Å². The van der Waals surface area contributed by atoms with Crippen LogP contribution in [0.5, 0.6) is 0 Å². The zero-order valence-electron chi connectivity index (χ0n) is 5.20. The Kier molecular flexibility index (Phi) is 7.56. The number of carbonyl (C=O) groups is 2. The van der Waals surface area contributed by atoms with Gasteiger partial charge in [-0.05, 0) is 0 Å². The molecule has 0 aromatic rings. The van der Waals surface area contributed by atoms with Crippen LogP contribution in [0.2, 0.25) is 0 Å². The first-order valence-electron chi connectivity index (χ1n) is 2.20. The molecule has 0 unspecified atom stereocenters. The Balaban J connectivity index is 0. The van der Waals surface area contributed by atoms with Crippen LogP contribution in [0.25, 0.3) is 0 Å². The van der Waals surface area contributed by atoms with Gasteiger partial charge in [0.1, 0.15) is 0 Å².